The second-order valence-electron chi connectivity index (χ2n) is 10.5. The average Bonchev–Trinajstić information content (AvgIpc) is 3.74. The van der Waals surface area contributed by atoms with Crippen LogP contribution < -0.4 is 20.7 Å². The van der Waals surface area contributed by atoms with Gasteiger partial charge in [0.15, 0.2) is 5.76 Å². The number of nitrogens with one attached hydrogen (secondary N) is 2. The van der Waals surface area contributed by atoms with Crippen LogP contribution in [0.25, 0.3) is 0 Å². The summed E-state index contributed by atoms with van der Waals surface area (Å²) in [6.07, 6.45) is 3.35. The van der Waals surface area contributed by atoms with Crippen molar-refractivity contribution in [1.82, 2.24) is 15.6 Å². The van der Waals surface area contributed by atoms with E-state index in [2.05, 4.69) is 15.6 Å². The molecule has 3 amide bonds. The molecule has 0 spiro atoms. The quantitative estimate of drug-likeness (QED) is 0.389. The molecular weight excluding hydrogens is 522 g/mol. The van der Waals surface area contributed by atoms with Crippen LogP contribution in [0, 0.1) is 0 Å². The minimum Gasteiger partial charge on any atom is -0.462 e. The molecule has 10 heteroatoms. The van der Waals surface area contributed by atoms with Crippen molar-refractivity contribution >= 4 is 29.3 Å². The second-order valence-corrected chi connectivity index (χ2v) is 10.5. The number of likely N-dealkylation sites (tertiary alicyclic amines) is 1. The van der Waals surface area contributed by atoms with Gasteiger partial charge in [-0.1, -0.05) is 37.3 Å². The zero-order chi connectivity index (χ0) is 29.0. The number of nitrogens with zero attached hydrogens (tertiary/aromatic N) is 3. The van der Waals surface area contributed by atoms with E-state index < -0.39 is 23.6 Å². The van der Waals surface area contributed by atoms with Crippen molar-refractivity contribution in [3.05, 3.63) is 83.8 Å². The van der Waals surface area contributed by atoms with Crippen molar-refractivity contribution in [2.75, 3.05) is 29.5 Å². The minimum absolute atomic E-state index is 0.0944. The number of anilines is 2. The third-order valence-corrected chi connectivity index (χ3v) is 7.64. The number of benzene rings is 2. The maximum absolute atomic E-state index is 14.4. The Bertz CT molecular complexity index is 1370. The van der Waals surface area contributed by atoms with E-state index in [4.69, 9.17) is 9.15 Å². The molecule has 2 aliphatic heterocycles. The van der Waals surface area contributed by atoms with Crippen molar-refractivity contribution in [1.29, 1.82) is 0 Å². The summed E-state index contributed by atoms with van der Waals surface area (Å²) in [5, 5.41) is 4.01. The number of fused-ring (bicyclic) bond motifs is 1. The van der Waals surface area contributed by atoms with Crippen molar-refractivity contribution in [2.45, 2.75) is 58.3 Å². The number of rotatable bonds is 9. The second kappa shape index (κ2) is 12.2. The summed E-state index contributed by atoms with van der Waals surface area (Å²) in [5.74, 6) is -0.917. The number of hydrazine groups is 1. The van der Waals surface area contributed by atoms with Gasteiger partial charge in [0.25, 0.3) is 17.5 Å². The molecule has 10 nitrogen and oxygen atoms in total. The summed E-state index contributed by atoms with van der Waals surface area (Å²) >= 11 is 0. The molecular formula is C31H37N5O5. The predicted octanol–water partition coefficient (Wildman–Crippen LogP) is 4.77. The highest BCUT2D eigenvalue weighted by Gasteiger charge is 2.56. The van der Waals surface area contributed by atoms with Gasteiger partial charge in [-0.15, -0.1) is 0 Å². The van der Waals surface area contributed by atoms with Crippen LogP contribution in [0.3, 0.4) is 0 Å². The van der Waals surface area contributed by atoms with Gasteiger partial charge in [0.1, 0.15) is 11.8 Å². The first-order chi connectivity index (χ1) is 19.9. The molecule has 0 saturated carbocycles. The highest BCUT2D eigenvalue weighted by Crippen LogP contribution is 2.39. The van der Waals surface area contributed by atoms with E-state index in [1.54, 1.807) is 25.1 Å². The number of likely N-dealkylation sites (N-methyl/N-ethyl adjacent to an activating group) is 1. The number of carbonyl (C=O) groups excluding carboxylic acids is 3. The van der Waals surface area contributed by atoms with Gasteiger partial charge < -0.3 is 19.4 Å². The third kappa shape index (κ3) is 5.71. The maximum atomic E-state index is 14.4. The summed E-state index contributed by atoms with van der Waals surface area (Å²) < 4.78 is 11.4. The normalized spacial score (nSPS) is 19.0. The summed E-state index contributed by atoms with van der Waals surface area (Å²) in [6, 6.07) is 18.1. The predicted molar refractivity (Wildman–Crippen MR) is 155 cm³/mol. The molecule has 0 bridgehead atoms. The van der Waals surface area contributed by atoms with Gasteiger partial charge in [-0.2, -0.15) is 5.43 Å². The summed E-state index contributed by atoms with van der Waals surface area (Å²) in [7, 11) is 0. The Morgan fingerprint density at radius 2 is 1.76 bits per heavy atom. The van der Waals surface area contributed by atoms with Gasteiger partial charge in [-0.25, -0.2) is 9.80 Å². The maximum Gasteiger partial charge on any atom is 0.429 e. The number of ether oxygens (including phenoxy) is 1. The first-order valence-electron chi connectivity index (χ1n) is 14.2. The summed E-state index contributed by atoms with van der Waals surface area (Å²) in [6.45, 7) is 8.82. The molecule has 0 radical (unpaired) electrons. The Hall–Kier alpha value is -4.15. The van der Waals surface area contributed by atoms with Crippen molar-refractivity contribution in [2.24, 2.45) is 0 Å². The van der Waals surface area contributed by atoms with E-state index in [0.29, 0.717) is 24.2 Å². The SMILES string of the molecule is CCC(C)OC(=O)N1NC(NC(=O)c2ccc(CN3CCCC3)cc2)(C(=O)N(CC)c2ccccc2)c2occc21. The van der Waals surface area contributed by atoms with Crippen LogP contribution in [0.4, 0.5) is 16.2 Å². The molecule has 1 aromatic heterocycles. The summed E-state index contributed by atoms with van der Waals surface area (Å²) in [5.41, 5.74) is 3.46. The number of carbonyl (C=O) groups is 3. The van der Waals surface area contributed by atoms with E-state index in [-0.39, 0.29) is 17.6 Å². The molecule has 3 aromatic rings. The van der Waals surface area contributed by atoms with Crippen LogP contribution in [0.15, 0.2) is 71.3 Å². The van der Waals surface area contributed by atoms with Crippen LogP contribution in [0.2, 0.25) is 0 Å². The Labute approximate surface area is 240 Å². The van der Waals surface area contributed by atoms with E-state index >= 15 is 0 Å². The third-order valence-electron chi connectivity index (χ3n) is 7.64. The molecule has 2 atom stereocenters. The molecule has 2 aliphatic rings. The van der Waals surface area contributed by atoms with E-state index in [1.807, 2.05) is 56.3 Å². The zero-order valence-corrected chi connectivity index (χ0v) is 23.8. The Morgan fingerprint density at radius 1 is 1.05 bits per heavy atom. The van der Waals surface area contributed by atoms with Crippen LogP contribution in [0.1, 0.15) is 61.7 Å². The molecule has 1 saturated heterocycles. The van der Waals surface area contributed by atoms with Gasteiger partial charge in [-0.05, 0) is 76.0 Å². The zero-order valence-electron chi connectivity index (χ0n) is 23.8. The molecule has 5 rings (SSSR count). The first kappa shape index (κ1) is 28.4. The lowest BCUT2D eigenvalue weighted by atomic mass is 10.0. The molecule has 1 fully saturated rings. The first-order valence-corrected chi connectivity index (χ1v) is 14.2. The molecule has 41 heavy (non-hydrogen) atoms. The van der Waals surface area contributed by atoms with Crippen LogP contribution in [0.5, 0.6) is 0 Å². The largest absolute Gasteiger partial charge is 0.462 e. The number of furan rings is 1. The van der Waals surface area contributed by atoms with Gasteiger partial charge >= 0.3 is 6.09 Å². The Morgan fingerprint density at radius 3 is 2.41 bits per heavy atom. The van der Waals surface area contributed by atoms with Crippen molar-refractivity contribution in [3.8, 4) is 0 Å². The molecule has 2 unspecified atom stereocenters. The highest BCUT2D eigenvalue weighted by atomic mass is 16.6. The Balaban J connectivity index is 1.48. The molecule has 2 N–H and O–H groups in total. The number of hydrogen-bond donors (Lipinski definition) is 2. The van der Waals surface area contributed by atoms with Gasteiger partial charge in [0, 0.05) is 30.4 Å². The van der Waals surface area contributed by atoms with E-state index in [0.717, 1.165) is 30.2 Å². The lowest BCUT2D eigenvalue weighted by Crippen LogP contribution is -2.66. The lowest BCUT2D eigenvalue weighted by Gasteiger charge is -2.34. The molecule has 2 aromatic carbocycles. The van der Waals surface area contributed by atoms with Gasteiger partial charge in [0.05, 0.1) is 6.26 Å². The smallest absolute Gasteiger partial charge is 0.429 e. The number of amides is 3. The molecule has 3 heterocycles. The van der Waals surface area contributed by atoms with Crippen molar-refractivity contribution < 1.29 is 23.5 Å². The topological polar surface area (TPSA) is 107 Å². The molecule has 216 valence electrons. The Kier molecular flexibility index (Phi) is 8.41. The minimum atomic E-state index is -1.91. The fraction of sp³-hybridized carbons (Fsp3) is 0.387. The number of hydrogen-bond acceptors (Lipinski definition) is 7. The van der Waals surface area contributed by atoms with Crippen LogP contribution in [-0.2, 0) is 21.7 Å². The average molecular weight is 560 g/mol. The fourth-order valence-corrected chi connectivity index (χ4v) is 5.23. The van der Waals surface area contributed by atoms with E-state index in [1.165, 1.54) is 24.0 Å². The molecule has 0 aliphatic carbocycles. The monoisotopic (exact) mass is 559 g/mol. The van der Waals surface area contributed by atoms with Crippen LogP contribution in [-0.4, -0.2) is 48.5 Å². The van der Waals surface area contributed by atoms with Crippen molar-refractivity contribution in [3.63, 3.8) is 0 Å². The van der Waals surface area contributed by atoms with E-state index in [9.17, 15) is 14.4 Å². The standard InChI is InChI=1S/C31H37N5O5/c1-4-22(3)41-30(39)36-26-17-20-40-27(26)31(33-36,29(38)35(5-2)25-11-7-6-8-12-25)32-28(37)24-15-13-23(14-16-24)21-34-18-9-10-19-34/h6-8,11-17,20,22,33H,4-5,9-10,18-19,21H2,1-3H3,(H,32,37). The summed E-state index contributed by atoms with van der Waals surface area (Å²) in [4.78, 5) is 45.3. The fourth-order valence-electron chi connectivity index (χ4n) is 5.23. The lowest BCUT2D eigenvalue weighted by molar-refractivity contribution is -0.126. The highest BCUT2D eigenvalue weighted by molar-refractivity contribution is 6.08. The number of para-hydroxylation sites is 1. The van der Waals surface area contributed by atoms with Crippen LogP contribution >= 0.6 is 0 Å². The van der Waals surface area contributed by atoms with Gasteiger partial charge in [0.2, 0.25) is 0 Å². The van der Waals surface area contributed by atoms with Gasteiger partial charge in [-0.3, -0.25) is 14.5 Å².